The van der Waals surface area contributed by atoms with Crippen LogP contribution in [0.15, 0.2) is 48.5 Å². The number of methoxy groups -OCH3 is 1. The van der Waals surface area contributed by atoms with Crippen LogP contribution in [0.5, 0.6) is 5.75 Å². The quantitative estimate of drug-likeness (QED) is 0.684. The first-order valence-corrected chi connectivity index (χ1v) is 10.3. The molecule has 1 N–H and O–H groups in total. The van der Waals surface area contributed by atoms with E-state index in [0.29, 0.717) is 17.2 Å². The molecule has 6 heteroatoms. The first-order valence-electron chi connectivity index (χ1n) is 10.3. The Morgan fingerprint density at radius 2 is 1.77 bits per heavy atom. The Balaban J connectivity index is 1.84. The molecule has 1 saturated carbocycles. The standard InChI is InChI=1S/C24H30N2O4/c1-16(17-9-10-17)26(20-11-13-21(29-5)14-12-20)22(27)18-7-6-8-19(15-18)25-23(28)30-24(2,3)4/h6-8,11-17H,9-10H2,1-5H3,(H,25,28). The lowest BCUT2D eigenvalue weighted by molar-refractivity contribution is 0.0635. The van der Waals surface area contributed by atoms with Crippen LogP contribution in [-0.2, 0) is 4.74 Å². The van der Waals surface area contributed by atoms with Crippen LogP contribution in [0.2, 0.25) is 0 Å². The highest BCUT2D eigenvalue weighted by Crippen LogP contribution is 2.38. The zero-order valence-corrected chi connectivity index (χ0v) is 18.3. The van der Waals surface area contributed by atoms with E-state index >= 15 is 0 Å². The second kappa shape index (κ2) is 8.78. The number of hydrogen-bond donors (Lipinski definition) is 1. The first kappa shape index (κ1) is 21.7. The Morgan fingerprint density at radius 3 is 2.33 bits per heavy atom. The number of nitrogens with zero attached hydrogens (tertiary/aromatic N) is 1. The van der Waals surface area contributed by atoms with Crippen molar-refractivity contribution < 1.29 is 19.1 Å². The van der Waals surface area contributed by atoms with E-state index in [2.05, 4.69) is 12.2 Å². The van der Waals surface area contributed by atoms with Gasteiger partial charge < -0.3 is 14.4 Å². The van der Waals surface area contributed by atoms with Crippen molar-refractivity contribution in [2.24, 2.45) is 5.92 Å². The molecule has 0 aromatic heterocycles. The third-order valence-corrected chi connectivity index (χ3v) is 5.04. The molecule has 0 heterocycles. The van der Waals surface area contributed by atoms with Crippen molar-refractivity contribution in [3.63, 3.8) is 0 Å². The lowest BCUT2D eigenvalue weighted by atomic mass is 10.1. The molecule has 1 unspecified atom stereocenters. The molecule has 0 spiro atoms. The molecule has 160 valence electrons. The molecule has 2 aromatic rings. The molecule has 0 saturated heterocycles. The predicted molar refractivity (Wildman–Crippen MR) is 118 cm³/mol. The van der Waals surface area contributed by atoms with Crippen LogP contribution in [0, 0.1) is 5.92 Å². The van der Waals surface area contributed by atoms with E-state index in [-0.39, 0.29) is 11.9 Å². The summed E-state index contributed by atoms with van der Waals surface area (Å²) in [5, 5.41) is 2.70. The van der Waals surface area contributed by atoms with Gasteiger partial charge in [0.2, 0.25) is 0 Å². The van der Waals surface area contributed by atoms with Gasteiger partial charge in [-0.05, 0) is 88.9 Å². The van der Waals surface area contributed by atoms with Crippen molar-refractivity contribution in [2.75, 3.05) is 17.3 Å². The van der Waals surface area contributed by atoms with E-state index < -0.39 is 11.7 Å². The smallest absolute Gasteiger partial charge is 0.412 e. The summed E-state index contributed by atoms with van der Waals surface area (Å²) in [7, 11) is 1.62. The van der Waals surface area contributed by atoms with Gasteiger partial charge in [0.1, 0.15) is 11.4 Å². The molecular formula is C24H30N2O4. The van der Waals surface area contributed by atoms with Crippen LogP contribution in [-0.4, -0.2) is 30.8 Å². The number of nitrogens with one attached hydrogen (secondary N) is 1. The zero-order valence-electron chi connectivity index (χ0n) is 18.3. The third-order valence-electron chi connectivity index (χ3n) is 5.04. The van der Waals surface area contributed by atoms with E-state index in [1.807, 2.05) is 29.2 Å². The van der Waals surface area contributed by atoms with Crippen LogP contribution < -0.4 is 15.0 Å². The van der Waals surface area contributed by atoms with Gasteiger partial charge >= 0.3 is 6.09 Å². The summed E-state index contributed by atoms with van der Waals surface area (Å²) < 4.78 is 10.5. The van der Waals surface area contributed by atoms with Gasteiger partial charge in [-0.3, -0.25) is 10.1 Å². The normalized spacial score (nSPS) is 14.6. The molecule has 0 aliphatic heterocycles. The van der Waals surface area contributed by atoms with Crippen LogP contribution in [0.3, 0.4) is 0 Å². The number of carbonyl (C=O) groups excluding carboxylic acids is 2. The highest BCUT2D eigenvalue weighted by molar-refractivity contribution is 6.07. The van der Waals surface area contributed by atoms with Crippen LogP contribution in [0.1, 0.15) is 50.9 Å². The van der Waals surface area contributed by atoms with E-state index in [1.165, 1.54) is 0 Å². The van der Waals surface area contributed by atoms with Gasteiger partial charge in [-0.25, -0.2) is 4.79 Å². The van der Waals surface area contributed by atoms with E-state index in [0.717, 1.165) is 24.3 Å². The summed E-state index contributed by atoms with van der Waals surface area (Å²) in [4.78, 5) is 27.4. The number of amides is 2. The Labute approximate surface area is 178 Å². The topological polar surface area (TPSA) is 67.9 Å². The molecule has 0 bridgehead atoms. The number of hydrogen-bond acceptors (Lipinski definition) is 4. The Hall–Kier alpha value is -3.02. The Kier molecular flexibility index (Phi) is 6.34. The van der Waals surface area contributed by atoms with Crippen molar-refractivity contribution in [2.45, 2.75) is 52.2 Å². The summed E-state index contributed by atoms with van der Waals surface area (Å²) >= 11 is 0. The van der Waals surface area contributed by atoms with Gasteiger partial charge in [-0.2, -0.15) is 0 Å². The fourth-order valence-electron chi connectivity index (χ4n) is 3.36. The summed E-state index contributed by atoms with van der Waals surface area (Å²) in [6.45, 7) is 7.50. The molecule has 1 aliphatic carbocycles. The van der Waals surface area contributed by atoms with E-state index in [4.69, 9.17) is 9.47 Å². The molecule has 0 radical (unpaired) electrons. The number of anilines is 2. The van der Waals surface area contributed by atoms with Crippen molar-refractivity contribution in [1.82, 2.24) is 0 Å². The predicted octanol–water partition coefficient (Wildman–Crippen LogP) is 5.49. The monoisotopic (exact) mass is 410 g/mol. The average molecular weight is 411 g/mol. The second-order valence-corrected chi connectivity index (χ2v) is 8.66. The highest BCUT2D eigenvalue weighted by atomic mass is 16.6. The lowest BCUT2D eigenvalue weighted by Crippen LogP contribution is -2.40. The maximum atomic E-state index is 13.5. The second-order valence-electron chi connectivity index (χ2n) is 8.66. The summed E-state index contributed by atoms with van der Waals surface area (Å²) in [5.41, 5.74) is 1.25. The summed E-state index contributed by atoms with van der Waals surface area (Å²) in [6.07, 6.45) is 1.70. The van der Waals surface area contributed by atoms with Crippen LogP contribution in [0.4, 0.5) is 16.2 Å². The van der Waals surface area contributed by atoms with Crippen LogP contribution >= 0.6 is 0 Å². The third kappa shape index (κ3) is 5.53. The fraction of sp³-hybridized carbons (Fsp3) is 0.417. The molecular weight excluding hydrogens is 380 g/mol. The number of ether oxygens (including phenoxy) is 2. The Bertz CT molecular complexity index is 898. The van der Waals surface area contributed by atoms with Crippen molar-refractivity contribution in [3.8, 4) is 5.75 Å². The molecule has 2 aromatic carbocycles. The Morgan fingerprint density at radius 1 is 1.10 bits per heavy atom. The van der Waals surface area contributed by atoms with Gasteiger partial charge in [-0.15, -0.1) is 0 Å². The number of carbonyl (C=O) groups is 2. The van der Waals surface area contributed by atoms with Crippen molar-refractivity contribution >= 4 is 23.4 Å². The van der Waals surface area contributed by atoms with Gasteiger partial charge in [0, 0.05) is 23.0 Å². The van der Waals surface area contributed by atoms with E-state index in [9.17, 15) is 9.59 Å². The first-order chi connectivity index (χ1) is 14.2. The van der Waals surface area contributed by atoms with Crippen LogP contribution in [0.25, 0.3) is 0 Å². The van der Waals surface area contributed by atoms with Gasteiger partial charge in [0.15, 0.2) is 0 Å². The summed E-state index contributed by atoms with van der Waals surface area (Å²) in [6, 6.07) is 14.5. The molecule has 1 aliphatic rings. The highest BCUT2D eigenvalue weighted by Gasteiger charge is 2.35. The molecule has 6 nitrogen and oxygen atoms in total. The maximum Gasteiger partial charge on any atom is 0.412 e. The van der Waals surface area contributed by atoms with Crippen molar-refractivity contribution in [3.05, 3.63) is 54.1 Å². The molecule has 3 rings (SSSR count). The molecule has 2 amide bonds. The lowest BCUT2D eigenvalue weighted by Gasteiger charge is -2.30. The minimum absolute atomic E-state index is 0.0772. The van der Waals surface area contributed by atoms with Crippen molar-refractivity contribution in [1.29, 1.82) is 0 Å². The van der Waals surface area contributed by atoms with Gasteiger partial charge in [-0.1, -0.05) is 6.07 Å². The number of benzene rings is 2. The minimum atomic E-state index is -0.595. The molecule has 1 fully saturated rings. The average Bonchev–Trinajstić information content (AvgIpc) is 3.52. The van der Waals surface area contributed by atoms with Gasteiger partial charge in [0.25, 0.3) is 5.91 Å². The SMILES string of the molecule is COc1ccc(N(C(=O)c2cccc(NC(=O)OC(C)(C)C)c2)C(C)C2CC2)cc1. The van der Waals surface area contributed by atoms with Gasteiger partial charge in [0.05, 0.1) is 7.11 Å². The maximum absolute atomic E-state index is 13.5. The van der Waals surface area contributed by atoms with E-state index in [1.54, 1.807) is 52.1 Å². The minimum Gasteiger partial charge on any atom is -0.497 e. The zero-order chi connectivity index (χ0) is 21.9. The molecule has 30 heavy (non-hydrogen) atoms. The fourth-order valence-corrected chi connectivity index (χ4v) is 3.36. The largest absolute Gasteiger partial charge is 0.497 e. The number of rotatable bonds is 6. The molecule has 1 atom stereocenters. The summed E-state index contributed by atoms with van der Waals surface area (Å²) in [5.74, 6) is 1.14.